The third-order valence-electron chi connectivity index (χ3n) is 3.44. The van der Waals surface area contributed by atoms with E-state index >= 15 is 0 Å². The summed E-state index contributed by atoms with van der Waals surface area (Å²) in [5.41, 5.74) is -0.479. The van der Waals surface area contributed by atoms with E-state index in [1.54, 1.807) is 13.0 Å². The molecule has 0 spiro atoms. The molecule has 0 saturated carbocycles. The van der Waals surface area contributed by atoms with Gasteiger partial charge < -0.3 is 10.1 Å². The van der Waals surface area contributed by atoms with Crippen molar-refractivity contribution in [2.24, 2.45) is 5.14 Å². The topological polar surface area (TPSA) is 185 Å². The molecule has 0 aliphatic rings. The minimum absolute atomic E-state index is 0.0664. The molecule has 0 atom stereocenters. The number of nitrogens with two attached hydrogens (primary N) is 1. The van der Waals surface area contributed by atoms with Crippen molar-refractivity contribution >= 4 is 33.0 Å². The summed E-state index contributed by atoms with van der Waals surface area (Å²) in [5.74, 6) is -1.18. The second-order valence-electron chi connectivity index (χ2n) is 5.55. The first-order chi connectivity index (χ1) is 13.0. The van der Waals surface area contributed by atoms with E-state index in [0.29, 0.717) is 11.6 Å². The Morgan fingerprint density at radius 3 is 2.32 bits per heavy atom. The number of ether oxygens (including phenoxy) is 1. The molecule has 2 aromatic carbocycles. The van der Waals surface area contributed by atoms with Crippen molar-refractivity contribution in [2.75, 3.05) is 11.9 Å². The van der Waals surface area contributed by atoms with Crippen LogP contribution in [0.25, 0.3) is 0 Å². The lowest BCUT2D eigenvalue weighted by Crippen LogP contribution is -2.21. The van der Waals surface area contributed by atoms with E-state index in [0.717, 1.165) is 12.1 Å². The molecule has 1 amide bonds. The van der Waals surface area contributed by atoms with Crippen LogP contribution >= 0.6 is 0 Å². The van der Waals surface area contributed by atoms with Gasteiger partial charge in [-0.2, -0.15) is 0 Å². The van der Waals surface area contributed by atoms with Crippen LogP contribution in [0.3, 0.4) is 0 Å². The number of nitrogens with one attached hydrogen (secondary N) is 1. The molecule has 13 heteroatoms. The largest absolute Gasteiger partial charge is 0.477 e. The molecule has 0 radical (unpaired) electrons. The summed E-state index contributed by atoms with van der Waals surface area (Å²) >= 11 is 0. The number of hydrogen-bond acceptors (Lipinski definition) is 8. The highest BCUT2D eigenvalue weighted by atomic mass is 32.2. The van der Waals surface area contributed by atoms with Crippen LogP contribution in [0.4, 0.5) is 17.1 Å². The molecule has 3 N–H and O–H groups in total. The number of amides is 1. The number of primary sulfonamides is 1. The van der Waals surface area contributed by atoms with E-state index in [1.807, 2.05) is 0 Å². The van der Waals surface area contributed by atoms with Gasteiger partial charge in [0, 0.05) is 12.1 Å². The molecule has 0 fully saturated rings. The van der Waals surface area contributed by atoms with Crippen molar-refractivity contribution in [3.05, 3.63) is 62.2 Å². The first-order valence-electron chi connectivity index (χ1n) is 7.48. The predicted octanol–water partition coefficient (Wildman–Crippen LogP) is 1.48. The molecule has 2 aromatic rings. The number of benzene rings is 2. The van der Waals surface area contributed by atoms with Gasteiger partial charge in [-0.25, -0.2) is 13.6 Å². The zero-order valence-corrected chi connectivity index (χ0v) is 15.1. The molecule has 0 aromatic heterocycles. The van der Waals surface area contributed by atoms with E-state index in [1.165, 1.54) is 12.1 Å². The fraction of sp³-hybridized carbons (Fsp3) is 0.133. The van der Waals surface area contributed by atoms with Crippen molar-refractivity contribution < 1.29 is 27.8 Å². The second kappa shape index (κ2) is 7.98. The lowest BCUT2D eigenvalue weighted by atomic mass is 10.2. The summed E-state index contributed by atoms with van der Waals surface area (Å²) in [6.45, 7) is 0.937. The number of carbonyl (C=O) groups is 1. The zero-order valence-electron chi connectivity index (χ0n) is 14.3. The van der Waals surface area contributed by atoms with Crippen LogP contribution in [-0.4, -0.2) is 30.8 Å². The average Bonchev–Trinajstić information content (AvgIpc) is 2.60. The monoisotopic (exact) mass is 410 g/mol. The Morgan fingerprint density at radius 1 is 1.11 bits per heavy atom. The van der Waals surface area contributed by atoms with Crippen LogP contribution in [0.2, 0.25) is 0 Å². The van der Waals surface area contributed by atoms with Gasteiger partial charge in [0.05, 0.1) is 14.7 Å². The molecule has 148 valence electrons. The molecular weight excluding hydrogens is 396 g/mol. The van der Waals surface area contributed by atoms with Gasteiger partial charge in [0.25, 0.3) is 11.6 Å². The van der Waals surface area contributed by atoms with Crippen LogP contribution in [-0.2, 0) is 14.8 Å². The Morgan fingerprint density at radius 2 is 1.75 bits per heavy atom. The fourth-order valence-electron chi connectivity index (χ4n) is 2.17. The number of sulfonamides is 1. The first-order valence-corrected chi connectivity index (χ1v) is 9.02. The normalized spacial score (nSPS) is 10.9. The second-order valence-corrected chi connectivity index (χ2v) is 7.11. The zero-order chi connectivity index (χ0) is 21.1. The van der Waals surface area contributed by atoms with Gasteiger partial charge >= 0.3 is 5.69 Å². The maximum absolute atomic E-state index is 12.0. The number of carbonyl (C=O) groups excluding carboxylic acids is 1. The number of aryl methyl sites for hydroxylation is 1. The van der Waals surface area contributed by atoms with E-state index in [4.69, 9.17) is 9.88 Å². The molecule has 0 unspecified atom stereocenters. The number of nitrogens with zero attached hydrogens (tertiary/aromatic N) is 2. The average molecular weight is 410 g/mol. The van der Waals surface area contributed by atoms with E-state index < -0.39 is 43.0 Å². The number of nitro groups is 2. The van der Waals surface area contributed by atoms with Crippen LogP contribution in [0.15, 0.2) is 41.3 Å². The molecule has 2 rings (SSSR count). The molecule has 12 nitrogen and oxygen atoms in total. The van der Waals surface area contributed by atoms with Crippen LogP contribution < -0.4 is 15.2 Å². The van der Waals surface area contributed by atoms with Gasteiger partial charge in [0.2, 0.25) is 10.0 Å². The van der Waals surface area contributed by atoms with Gasteiger partial charge in [0.15, 0.2) is 12.4 Å². The molecule has 0 aliphatic carbocycles. The summed E-state index contributed by atoms with van der Waals surface area (Å²) in [5, 5.41) is 29.4. The summed E-state index contributed by atoms with van der Waals surface area (Å²) in [4.78, 5) is 32.1. The summed E-state index contributed by atoms with van der Waals surface area (Å²) in [6, 6.07) is 6.84. The Balaban J connectivity index is 2.17. The standard InChI is InChI=1S/C15H14N4O8S/c1-9-2-4-11(12(6-9)18(21)22)17-15(20)8-27-14-5-3-10(28(16,25)26)7-13(14)19(23)24/h2-7H,8H2,1H3,(H,17,20)(H2,16,25,26). The van der Waals surface area contributed by atoms with E-state index in [2.05, 4.69) is 5.32 Å². The maximum Gasteiger partial charge on any atom is 0.312 e. The fourth-order valence-corrected chi connectivity index (χ4v) is 2.70. The molecule has 0 aliphatic heterocycles. The number of anilines is 1. The highest BCUT2D eigenvalue weighted by Gasteiger charge is 2.22. The smallest absolute Gasteiger partial charge is 0.312 e. The summed E-state index contributed by atoms with van der Waals surface area (Å²) in [6.07, 6.45) is 0. The van der Waals surface area contributed by atoms with E-state index in [9.17, 15) is 33.4 Å². The first kappa shape index (κ1) is 20.7. The van der Waals surface area contributed by atoms with Crippen LogP contribution in [0, 0.1) is 27.2 Å². The van der Waals surface area contributed by atoms with Crippen molar-refractivity contribution in [3.63, 3.8) is 0 Å². The van der Waals surface area contributed by atoms with Gasteiger partial charge in [-0.3, -0.25) is 25.0 Å². The highest BCUT2D eigenvalue weighted by molar-refractivity contribution is 7.89. The lowest BCUT2D eigenvalue weighted by Gasteiger charge is -2.09. The SMILES string of the molecule is Cc1ccc(NC(=O)COc2ccc(S(N)(=O)=O)cc2[N+](=O)[O-])c([N+](=O)[O-])c1. The number of rotatable bonds is 7. The quantitative estimate of drug-likeness (QED) is 0.507. The highest BCUT2D eigenvalue weighted by Crippen LogP contribution is 2.29. The Kier molecular flexibility index (Phi) is 5.90. The maximum atomic E-state index is 12.0. The van der Waals surface area contributed by atoms with Gasteiger partial charge in [0.1, 0.15) is 5.69 Å². The van der Waals surface area contributed by atoms with Crippen LogP contribution in [0.1, 0.15) is 5.56 Å². The Bertz CT molecular complexity index is 1070. The molecular formula is C15H14N4O8S. The summed E-state index contributed by atoms with van der Waals surface area (Å²) in [7, 11) is -4.17. The van der Waals surface area contributed by atoms with Crippen molar-refractivity contribution in [2.45, 2.75) is 11.8 Å². The minimum Gasteiger partial charge on any atom is -0.477 e. The van der Waals surface area contributed by atoms with Crippen molar-refractivity contribution in [3.8, 4) is 5.75 Å². The third kappa shape index (κ3) is 4.99. The minimum atomic E-state index is -4.17. The number of hydrogen-bond donors (Lipinski definition) is 2. The Labute approximate surface area is 158 Å². The lowest BCUT2D eigenvalue weighted by molar-refractivity contribution is -0.386. The molecule has 28 heavy (non-hydrogen) atoms. The summed E-state index contributed by atoms with van der Waals surface area (Å²) < 4.78 is 27.7. The van der Waals surface area contributed by atoms with Gasteiger partial charge in [-0.05, 0) is 30.7 Å². The predicted molar refractivity (Wildman–Crippen MR) is 96.4 cm³/mol. The van der Waals surface area contributed by atoms with E-state index in [-0.39, 0.29) is 17.1 Å². The van der Waals surface area contributed by atoms with Crippen LogP contribution in [0.5, 0.6) is 5.75 Å². The van der Waals surface area contributed by atoms with Gasteiger partial charge in [-0.1, -0.05) is 6.07 Å². The van der Waals surface area contributed by atoms with Crippen molar-refractivity contribution in [1.82, 2.24) is 0 Å². The third-order valence-corrected chi connectivity index (χ3v) is 4.35. The number of nitro benzene ring substituents is 2. The van der Waals surface area contributed by atoms with Crippen molar-refractivity contribution in [1.29, 1.82) is 0 Å². The molecule has 0 saturated heterocycles. The van der Waals surface area contributed by atoms with Gasteiger partial charge in [-0.15, -0.1) is 0 Å². The molecule has 0 heterocycles. The molecule has 0 bridgehead atoms. The Hall–Kier alpha value is -3.58.